The summed E-state index contributed by atoms with van der Waals surface area (Å²) in [6, 6.07) is 8.35. The Morgan fingerprint density at radius 2 is 1.68 bits per heavy atom. The van der Waals surface area contributed by atoms with Crippen LogP contribution >= 0.6 is 23.2 Å². The number of hydrogen-bond donors (Lipinski definition) is 1. The normalized spacial score (nSPS) is 22.6. The van der Waals surface area contributed by atoms with Crippen molar-refractivity contribution >= 4 is 29.1 Å². The summed E-state index contributed by atoms with van der Waals surface area (Å²) >= 11 is 12.0. The first-order valence-electron chi connectivity index (χ1n) is 7.78. The van der Waals surface area contributed by atoms with Gasteiger partial charge in [0.25, 0.3) is 0 Å². The Kier molecular flexibility index (Phi) is 5.41. The van der Waals surface area contributed by atoms with E-state index in [0.717, 1.165) is 25.2 Å². The highest BCUT2D eigenvalue weighted by molar-refractivity contribution is 6.53. The van der Waals surface area contributed by atoms with E-state index in [-0.39, 0.29) is 5.91 Å². The van der Waals surface area contributed by atoms with E-state index in [1.165, 1.54) is 5.56 Å². The van der Waals surface area contributed by atoms with Crippen LogP contribution in [0.4, 0.5) is 0 Å². The van der Waals surface area contributed by atoms with Gasteiger partial charge in [-0.2, -0.15) is 0 Å². The number of nitrogens with zero attached hydrogens (tertiary/aromatic N) is 1. The maximum Gasteiger partial charge on any atom is 0.229 e. The zero-order chi connectivity index (χ0) is 16.4. The fourth-order valence-corrected chi connectivity index (χ4v) is 3.20. The highest BCUT2D eigenvalue weighted by Crippen LogP contribution is 2.63. The summed E-state index contributed by atoms with van der Waals surface area (Å²) in [6.45, 7) is 9.69. The van der Waals surface area contributed by atoms with E-state index in [1.54, 1.807) is 6.92 Å². The van der Waals surface area contributed by atoms with E-state index in [2.05, 4.69) is 48.3 Å². The summed E-state index contributed by atoms with van der Waals surface area (Å²) in [4.78, 5) is 14.5. The van der Waals surface area contributed by atoms with E-state index < -0.39 is 9.75 Å². The van der Waals surface area contributed by atoms with Gasteiger partial charge in [-0.25, -0.2) is 0 Å². The van der Waals surface area contributed by atoms with Crippen molar-refractivity contribution in [3.63, 3.8) is 0 Å². The third-order valence-electron chi connectivity index (χ3n) is 4.54. The number of carbonyl (C=O) groups excluding carboxylic acids is 1. The lowest BCUT2D eigenvalue weighted by Crippen LogP contribution is -2.32. The molecular weight excluding hydrogens is 319 g/mol. The highest BCUT2D eigenvalue weighted by Gasteiger charge is 2.67. The van der Waals surface area contributed by atoms with E-state index >= 15 is 0 Å². The van der Waals surface area contributed by atoms with E-state index in [4.69, 9.17) is 23.2 Å². The van der Waals surface area contributed by atoms with Gasteiger partial charge in [-0.3, -0.25) is 9.69 Å². The molecule has 0 spiro atoms. The number of alkyl halides is 2. The molecule has 1 aliphatic carbocycles. The summed E-state index contributed by atoms with van der Waals surface area (Å²) in [7, 11) is 0. The van der Waals surface area contributed by atoms with Crippen LogP contribution in [0.1, 0.15) is 38.3 Å². The molecule has 1 amide bonds. The minimum absolute atomic E-state index is 0.0790. The van der Waals surface area contributed by atoms with Gasteiger partial charge in [0.15, 0.2) is 0 Å². The molecule has 0 aliphatic heterocycles. The molecule has 1 aromatic rings. The molecule has 2 rings (SSSR count). The molecular formula is C17H24Cl2N2O. The maximum absolute atomic E-state index is 12.1. The Bertz CT molecular complexity index is 526. The zero-order valence-electron chi connectivity index (χ0n) is 13.5. The molecule has 1 atom stereocenters. The van der Waals surface area contributed by atoms with Gasteiger partial charge in [-0.1, -0.05) is 38.1 Å². The van der Waals surface area contributed by atoms with Crippen LogP contribution in [-0.2, 0) is 17.9 Å². The summed E-state index contributed by atoms with van der Waals surface area (Å²) in [5.74, 6) is -0.0790. The molecule has 0 bridgehead atoms. The molecule has 1 aromatic carbocycles. The van der Waals surface area contributed by atoms with Gasteiger partial charge in [0.05, 0.1) is 5.41 Å². The fraction of sp³-hybridized carbons (Fsp3) is 0.588. The van der Waals surface area contributed by atoms with Crippen LogP contribution in [0, 0.1) is 5.41 Å². The third kappa shape index (κ3) is 3.76. The molecule has 0 radical (unpaired) electrons. The van der Waals surface area contributed by atoms with Crippen molar-refractivity contribution in [2.45, 2.75) is 44.6 Å². The molecule has 22 heavy (non-hydrogen) atoms. The van der Waals surface area contributed by atoms with Gasteiger partial charge < -0.3 is 5.32 Å². The van der Waals surface area contributed by atoms with E-state index in [0.29, 0.717) is 13.0 Å². The van der Waals surface area contributed by atoms with Crippen molar-refractivity contribution in [1.29, 1.82) is 0 Å². The minimum Gasteiger partial charge on any atom is -0.351 e. The van der Waals surface area contributed by atoms with Crippen LogP contribution in [0.15, 0.2) is 24.3 Å². The molecule has 1 fully saturated rings. The van der Waals surface area contributed by atoms with Crippen molar-refractivity contribution < 1.29 is 4.79 Å². The minimum atomic E-state index is -0.912. The predicted octanol–water partition coefficient (Wildman–Crippen LogP) is 3.73. The second-order valence-corrected chi connectivity index (χ2v) is 7.66. The molecule has 1 N–H and O–H groups in total. The Morgan fingerprint density at radius 3 is 2.14 bits per heavy atom. The SMILES string of the molecule is CCN(CC)Cc1ccc(CNC(=O)[C@]2(C)CC2(Cl)Cl)cc1. The van der Waals surface area contributed by atoms with Crippen molar-refractivity contribution in [3.05, 3.63) is 35.4 Å². The van der Waals surface area contributed by atoms with Crippen LogP contribution in [0.3, 0.4) is 0 Å². The number of halogens is 2. The number of carbonyl (C=O) groups is 1. The van der Waals surface area contributed by atoms with Crippen molar-refractivity contribution in [1.82, 2.24) is 10.2 Å². The molecule has 3 nitrogen and oxygen atoms in total. The lowest BCUT2D eigenvalue weighted by Gasteiger charge is -2.18. The van der Waals surface area contributed by atoms with Crippen LogP contribution in [0.2, 0.25) is 0 Å². The summed E-state index contributed by atoms with van der Waals surface area (Å²) in [5, 5.41) is 2.92. The van der Waals surface area contributed by atoms with Gasteiger partial charge in [-0.15, -0.1) is 23.2 Å². The zero-order valence-corrected chi connectivity index (χ0v) is 15.0. The van der Waals surface area contributed by atoms with E-state index in [9.17, 15) is 4.79 Å². The molecule has 5 heteroatoms. The Labute approximate surface area is 143 Å². The number of hydrogen-bond acceptors (Lipinski definition) is 2. The number of rotatable bonds is 7. The lowest BCUT2D eigenvalue weighted by molar-refractivity contribution is -0.125. The molecule has 122 valence electrons. The Morgan fingerprint density at radius 1 is 1.18 bits per heavy atom. The van der Waals surface area contributed by atoms with Crippen molar-refractivity contribution in [3.8, 4) is 0 Å². The van der Waals surface area contributed by atoms with Gasteiger partial charge >= 0.3 is 0 Å². The fourth-order valence-electron chi connectivity index (χ4n) is 2.49. The first-order valence-corrected chi connectivity index (χ1v) is 8.54. The van der Waals surface area contributed by atoms with Crippen LogP contribution in [-0.4, -0.2) is 28.2 Å². The van der Waals surface area contributed by atoms with Gasteiger partial charge in [-0.05, 0) is 37.6 Å². The second-order valence-electron chi connectivity index (χ2n) is 6.17. The van der Waals surface area contributed by atoms with Gasteiger partial charge in [0.1, 0.15) is 4.33 Å². The monoisotopic (exact) mass is 342 g/mol. The largest absolute Gasteiger partial charge is 0.351 e. The number of nitrogens with one attached hydrogen (secondary N) is 1. The Hall–Kier alpha value is -0.770. The van der Waals surface area contributed by atoms with Gasteiger partial charge in [0, 0.05) is 13.1 Å². The quantitative estimate of drug-likeness (QED) is 0.765. The van der Waals surface area contributed by atoms with Gasteiger partial charge in [0.2, 0.25) is 5.91 Å². The maximum atomic E-state index is 12.1. The molecule has 0 saturated heterocycles. The molecule has 0 aromatic heterocycles. The smallest absolute Gasteiger partial charge is 0.229 e. The molecule has 1 saturated carbocycles. The lowest BCUT2D eigenvalue weighted by atomic mass is 10.1. The number of amides is 1. The average molecular weight is 343 g/mol. The number of benzene rings is 1. The van der Waals surface area contributed by atoms with Crippen molar-refractivity contribution in [2.24, 2.45) is 5.41 Å². The summed E-state index contributed by atoms with van der Waals surface area (Å²) in [5.41, 5.74) is 1.71. The van der Waals surface area contributed by atoms with Crippen LogP contribution < -0.4 is 5.32 Å². The Balaban J connectivity index is 1.86. The topological polar surface area (TPSA) is 32.3 Å². The molecule has 0 heterocycles. The van der Waals surface area contributed by atoms with Crippen molar-refractivity contribution in [2.75, 3.05) is 13.1 Å². The van der Waals surface area contributed by atoms with Crippen LogP contribution in [0.25, 0.3) is 0 Å². The molecule has 1 aliphatic rings. The first-order chi connectivity index (χ1) is 10.3. The van der Waals surface area contributed by atoms with E-state index in [1.807, 2.05) is 0 Å². The molecule has 0 unspecified atom stereocenters. The highest BCUT2D eigenvalue weighted by atomic mass is 35.5. The average Bonchev–Trinajstić information content (AvgIpc) is 3.03. The summed E-state index contributed by atoms with van der Waals surface area (Å²) < 4.78 is -0.912. The van der Waals surface area contributed by atoms with Crippen LogP contribution in [0.5, 0.6) is 0 Å². The predicted molar refractivity (Wildman–Crippen MR) is 92.1 cm³/mol. The summed E-state index contributed by atoms with van der Waals surface area (Å²) in [6.07, 6.45) is 0.512. The third-order valence-corrected chi connectivity index (χ3v) is 5.64. The first kappa shape index (κ1) is 17.6. The second kappa shape index (κ2) is 6.77. The standard InChI is InChI=1S/C17H24Cl2N2O/c1-4-21(5-2)11-14-8-6-13(7-9-14)10-20-15(22)16(3)12-17(16,18)19/h6-9H,4-5,10-12H2,1-3H3,(H,20,22)/t16-/m0/s1.